The minimum absolute atomic E-state index is 0.194. The quantitative estimate of drug-likeness (QED) is 0.427. The molecule has 0 fully saturated rings. The smallest absolute Gasteiger partial charge is 0.339 e. The zero-order chi connectivity index (χ0) is 22.5. The topological polar surface area (TPSA) is 90.0 Å². The van der Waals surface area contributed by atoms with E-state index < -0.39 is 5.97 Å². The molecule has 0 unspecified atom stereocenters. The van der Waals surface area contributed by atoms with Crippen LogP contribution >= 0.6 is 23.2 Å². The number of nitrogens with zero attached hydrogens (tertiary/aromatic N) is 4. The number of rotatable bonds is 4. The predicted octanol–water partition coefficient (Wildman–Crippen LogP) is 5.18. The lowest BCUT2D eigenvalue weighted by Gasteiger charge is -2.00. The molecule has 4 rings (SSSR count). The molecule has 2 aromatic carbocycles. The molecule has 0 saturated heterocycles. The van der Waals surface area contributed by atoms with E-state index >= 15 is 0 Å². The maximum Gasteiger partial charge on any atom is 0.339 e. The number of benzene rings is 2. The van der Waals surface area contributed by atoms with E-state index in [2.05, 4.69) is 10.2 Å². The van der Waals surface area contributed by atoms with Crippen molar-refractivity contribution in [3.8, 4) is 11.4 Å². The van der Waals surface area contributed by atoms with Crippen molar-refractivity contribution in [2.24, 2.45) is 0 Å². The zero-order valence-corrected chi connectivity index (χ0v) is 18.2. The molecule has 1 N–H and O–H groups in total. The standard InChI is InChI=1S/C11H9ClN2O2.C11H9ClN2O/c1-7-10(11(15)16)6-14(13-7)9-4-2-3-8(12)5-9;1-8-9(7-15)6-14(13-8)11-4-2-3-10(12)5-11/h2-6H,1H3,(H,15,16);2-7H,1H3. The van der Waals surface area contributed by atoms with Crippen molar-refractivity contribution in [2.45, 2.75) is 13.8 Å². The van der Waals surface area contributed by atoms with Gasteiger partial charge in [0.15, 0.2) is 6.29 Å². The van der Waals surface area contributed by atoms with Crippen LogP contribution < -0.4 is 0 Å². The Hall–Kier alpha value is -3.42. The van der Waals surface area contributed by atoms with Crippen molar-refractivity contribution in [2.75, 3.05) is 0 Å². The number of aromatic carboxylic acids is 1. The third-order valence-electron chi connectivity index (χ3n) is 4.34. The van der Waals surface area contributed by atoms with Gasteiger partial charge in [-0.15, -0.1) is 0 Å². The van der Waals surface area contributed by atoms with Crippen LogP contribution in [-0.4, -0.2) is 36.9 Å². The predicted molar refractivity (Wildman–Crippen MR) is 119 cm³/mol. The summed E-state index contributed by atoms with van der Waals surface area (Å²) in [6.45, 7) is 3.45. The molecule has 0 aliphatic rings. The SMILES string of the molecule is Cc1nn(-c2cccc(Cl)c2)cc1C(=O)O.Cc1nn(-c2cccc(Cl)c2)cc1C=O. The second kappa shape index (κ2) is 9.59. The molecule has 31 heavy (non-hydrogen) atoms. The van der Waals surface area contributed by atoms with Crippen LogP contribution in [-0.2, 0) is 0 Å². The van der Waals surface area contributed by atoms with Gasteiger partial charge >= 0.3 is 5.97 Å². The maximum absolute atomic E-state index is 10.9. The van der Waals surface area contributed by atoms with Crippen LogP contribution in [0, 0.1) is 13.8 Å². The van der Waals surface area contributed by atoms with Crippen LogP contribution in [0.15, 0.2) is 60.9 Å². The first-order valence-corrected chi connectivity index (χ1v) is 9.87. The van der Waals surface area contributed by atoms with Gasteiger partial charge < -0.3 is 5.11 Å². The van der Waals surface area contributed by atoms with Gasteiger partial charge in [0.25, 0.3) is 0 Å². The third-order valence-corrected chi connectivity index (χ3v) is 4.81. The fourth-order valence-corrected chi connectivity index (χ4v) is 3.13. The number of aryl methyl sites for hydroxylation is 2. The molecule has 0 bridgehead atoms. The Labute approximate surface area is 188 Å². The molecule has 0 radical (unpaired) electrons. The summed E-state index contributed by atoms with van der Waals surface area (Å²) in [6.07, 6.45) is 3.96. The lowest BCUT2D eigenvalue weighted by atomic mass is 10.3. The number of aldehydes is 1. The first kappa shape index (κ1) is 22.3. The molecule has 0 saturated carbocycles. The highest BCUT2D eigenvalue weighted by Gasteiger charge is 2.12. The lowest BCUT2D eigenvalue weighted by Crippen LogP contribution is -1.96. The molecule has 9 heteroatoms. The summed E-state index contributed by atoms with van der Waals surface area (Å²) in [5.74, 6) is -0.981. The van der Waals surface area contributed by atoms with E-state index in [1.165, 1.54) is 10.9 Å². The molecular weight excluding hydrogens is 439 g/mol. The zero-order valence-electron chi connectivity index (χ0n) is 16.7. The van der Waals surface area contributed by atoms with Gasteiger partial charge in [0, 0.05) is 22.4 Å². The Morgan fingerprint density at radius 2 is 1.42 bits per heavy atom. The monoisotopic (exact) mass is 456 g/mol. The van der Waals surface area contributed by atoms with Crippen molar-refractivity contribution in [1.29, 1.82) is 0 Å². The van der Waals surface area contributed by atoms with Crippen molar-refractivity contribution < 1.29 is 14.7 Å². The minimum atomic E-state index is -0.981. The molecule has 2 aromatic heterocycles. The van der Waals surface area contributed by atoms with Gasteiger partial charge in [0.1, 0.15) is 5.56 Å². The van der Waals surface area contributed by atoms with E-state index in [0.717, 1.165) is 17.7 Å². The Bertz CT molecular complexity index is 1250. The van der Waals surface area contributed by atoms with Crippen molar-refractivity contribution >= 4 is 35.5 Å². The Kier molecular flexibility index (Phi) is 6.89. The summed E-state index contributed by atoms with van der Waals surface area (Å²) in [6, 6.07) is 14.4. The van der Waals surface area contributed by atoms with Crippen LogP contribution in [0.1, 0.15) is 32.1 Å². The number of hydrogen-bond acceptors (Lipinski definition) is 4. The number of carboxylic acid groups (broad SMARTS) is 1. The van der Waals surface area contributed by atoms with E-state index in [-0.39, 0.29) is 5.56 Å². The second-order valence-corrected chi connectivity index (χ2v) is 7.44. The number of halogens is 2. The molecule has 0 aliphatic carbocycles. The molecule has 158 valence electrons. The van der Waals surface area contributed by atoms with Gasteiger partial charge in [-0.1, -0.05) is 35.3 Å². The first-order chi connectivity index (χ1) is 14.8. The molecule has 0 atom stereocenters. The number of carboxylic acids is 1. The fourth-order valence-electron chi connectivity index (χ4n) is 2.76. The summed E-state index contributed by atoms with van der Waals surface area (Å²) >= 11 is 11.7. The molecule has 0 aliphatic heterocycles. The Morgan fingerprint density at radius 3 is 1.84 bits per heavy atom. The van der Waals surface area contributed by atoms with Gasteiger partial charge in [-0.3, -0.25) is 4.79 Å². The van der Waals surface area contributed by atoms with Crippen LogP contribution in [0.2, 0.25) is 10.0 Å². The summed E-state index contributed by atoms with van der Waals surface area (Å²) < 4.78 is 3.15. The van der Waals surface area contributed by atoms with Gasteiger partial charge in [0.05, 0.1) is 28.3 Å². The Morgan fingerprint density at radius 1 is 0.903 bits per heavy atom. The number of hydrogen-bond donors (Lipinski definition) is 1. The summed E-state index contributed by atoms with van der Waals surface area (Å²) in [7, 11) is 0. The van der Waals surface area contributed by atoms with E-state index in [0.29, 0.717) is 27.0 Å². The van der Waals surface area contributed by atoms with Crippen LogP contribution in [0.4, 0.5) is 0 Å². The summed E-state index contributed by atoms with van der Waals surface area (Å²) in [5, 5.41) is 18.5. The van der Waals surface area contributed by atoms with Crippen LogP contribution in [0.5, 0.6) is 0 Å². The molecule has 7 nitrogen and oxygen atoms in total. The van der Waals surface area contributed by atoms with Gasteiger partial charge in [-0.2, -0.15) is 10.2 Å². The largest absolute Gasteiger partial charge is 0.478 e. The minimum Gasteiger partial charge on any atom is -0.478 e. The van der Waals surface area contributed by atoms with Crippen molar-refractivity contribution in [3.63, 3.8) is 0 Å². The van der Waals surface area contributed by atoms with Crippen LogP contribution in [0.3, 0.4) is 0 Å². The summed E-state index contributed by atoms with van der Waals surface area (Å²) in [5.41, 5.74) is 3.56. The Balaban J connectivity index is 0.000000176. The first-order valence-electron chi connectivity index (χ1n) is 9.11. The van der Waals surface area contributed by atoms with E-state index in [9.17, 15) is 9.59 Å². The highest BCUT2D eigenvalue weighted by molar-refractivity contribution is 6.31. The molecule has 2 heterocycles. The van der Waals surface area contributed by atoms with Crippen molar-refractivity contribution in [1.82, 2.24) is 19.6 Å². The number of carbonyl (C=O) groups is 2. The molecule has 4 aromatic rings. The molecule has 0 spiro atoms. The van der Waals surface area contributed by atoms with Crippen molar-refractivity contribution in [3.05, 3.63) is 93.5 Å². The molecule has 0 amide bonds. The average molecular weight is 457 g/mol. The maximum atomic E-state index is 10.9. The normalized spacial score (nSPS) is 10.3. The fraction of sp³-hybridized carbons (Fsp3) is 0.0909. The number of carbonyl (C=O) groups excluding carboxylic acids is 1. The highest BCUT2D eigenvalue weighted by atomic mass is 35.5. The average Bonchev–Trinajstić information content (AvgIpc) is 3.31. The number of aromatic nitrogens is 4. The van der Waals surface area contributed by atoms with E-state index in [1.54, 1.807) is 55.1 Å². The van der Waals surface area contributed by atoms with Crippen LogP contribution in [0.25, 0.3) is 11.4 Å². The molecular formula is C22H18Cl2N4O3. The van der Waals surface area contributed by atoms with E-state index in [4.69, 9.17) is 28.3 Å². The third kappa shape index (κ3) is 5.39. The lowest BCUT2D eigenvalue weighted by molar-refractivity contribution is 0.0696. The van der Waals surface area contributed by atoms with Gasteiger partial charge in [-0.25, -0.2) is 14.2 Å². The second-order valence-electron chi connectivity index (χ2n) is 6.57. The van der Waals surface area contributed by atoms with E-state index in [1.807, 2.05) is 18.2 Å². The van der Waals surface area contributed by atoms with Gasteiger partial charge in [-0.05, 0) is 50.2 Å². The van der Waals surface area contributed by atoms with Gasteiger partial charge in [0.2, 0.25) is 0 Å². The summed E-state index contributed by atoms with van der Waals surface area (Å²) in [4.78, 5) is 21.5. The highest BCUT2D eigenvalue weighted by Crippen LogP contribution is 2.17.